The van der Waals surface area contributed by atoms with E-state index in [2.05, 4.69) is 0 Å². The van der Waals surface area contributed by atoms with Crippen molar-refractivity contribution in [3.63, 3.8) is 0 Å². The van der Waals surface area contributed by atoms with Gasteiger partial charge in [-0.05, 0) is 19.3 Å². The van der Waals surface area contributed by atoms with Gasteiger partial charge in [-0.15, -0.1) is 0 Å². The molecule has 11 heavy (non-hydrogen) atoms. The Bertz CT molecular complexity index is 169. The van der Waals surface area contributed by atoms with E-state index in [1.54, 1.807) is 0 Å². The lowest BCUT2D eigenvalue weighted by Gasteiger charge is -2.29. The minimum absolute atomic E-state index is 0.582. The van der Waals surface area contributed by atoms with Gasteiger partial charge in [-0.3, -0.25) is 4.79 Å². The minimum Gasteiger partial charge on any atom is -0.480 e. The smallest absolute Gasteiger partial charge is 0.326 e. The molecule has 0 saturated carbocycles. The van der Waals surface area contributed by atoms with Crippen LogP contribution in [0.2, 0.25) is 0 Å². The van der Waals surface area contributed by atoms with Gasteiger partial charge in [0.25, 0.3) is 0 Å². The zero-order valence-corrected chi connectivity index (χ0v) is 6.19. The van der Waals surface area contributed by atoms with Gasteiger partial charge in [0.15, 0.2) is 0 Å². The number of aliphatic carboxylic acids is 1. The minimum atomic E-state index is -0.892. The summed E-state index contributed by atoms with van der Waals surface area (Å²) in [5.74, 6) is -0.892. The molecule has 0 aromatic heterocycles. The molecule has 62 valence electrons. The summed E-state index contributed by atoms with van der Waals surface area (Å²) in [6.07, 6.45) is 3.04. The molecule has 1 amide bonds. The summed E-state index contributed by atoms with van der Waals surface area (Å²) in [5.41, 5.74) is 0. The van der Waals surface area contributed by atoms with E-state index in [0.29, 0.717) is 19.4 Å². The lowest BCUT2D eigenvalue weighted by molar-refractivity contribution is -0.147. The number of hydrogen-bond acceptors (Lipinski definition) is 2. The standard InChI is InChI=1S/C7H11NO3/c9-5-8-4-2-1-3-6(8)7(10)11/h5-6H,1-4H2,(H,10,11)/t6-/m1/s1. The van der Waals surface area contributed by atoms with E-state index in [0.717, 1.165) is 12.8 Å². The van der Waals surface area contributed by atoms with Crippen molar-refractivity contribution in [1.82, 2.24) is 4.90 Å². The maximum Gasteiger partial charge on any atom is 0.326 e. The molecule has 0 spiro atoms. The Morgan fingerprint density at radius 1 is 1.55 bits per heavy atom. The third-order valence-corrected chi connectivity index (χ3v) is 1.96. The van der Waals surface area contributed by atoms with Crippen LogP contribution >= 0.6 is 0 Å². The van der Waals surface area contributed by atoms with Crippen molar-refractivity contribution in [3.8, 4) is 0 Å². The van der Waals surface area contributed by atoms with E-state index in [1.165, 1.54) is 4.90 Å². The van der Waals surface area contributed by atoms with Gasteiger partial charge in [0.1, 0.15) is 6.04 Å². The second-order valence-electron chi connectivity index (χ2n) is 2.69. The topological polar surface area (TPSA) is 57.6 Å². The second-order valence-corrected chi connectivity index (χ2v) is 2.69. The highest BCUT2D eigenvalue weighted by Gasteiger charge is 2.26. The molecular weight excluding hydrogens is 146 g/mol. The van der Waals surface area contributed by atoms with Crippen LogP contribution in [0.4, 0.5) is 0 Å². The molecule has 1 aliphatic rings. The van der Waals surface area contributed by atoms with Gasteiger partial charge in [-0.1, -0.05) is 0 Å². The molecule has 0 aliphatic carbocycles. The molecular formula is C7H11NO3. The highest BCUT2D eigenvalue weighted by atomic mass is 16.4. The molecule has 0 radical (unpaired) electrons. The first-order valence-electron chi connectivity index (χ1n) is 3.69. The Morgan fingerprint density at radius 3 is 2.73 bits per heavy atom. The Balaban J connectivity index is 2.58. The zero-order chi connectivity index (χ0) is 8.27. The van der Waals surface area contributed by atoms with Crippen LogP contribution in [-0.4, -0.2) is 35.0 Å². The molecule has 4 heteroatoms. The van der Waals surface area contributed by atoms with E-state index in [1.807, 2.05) is 0 Å². The number of rotatable bonds is 2. The number of hydrogen-bond donors (Lipinski definition) is 1. The monoisotopic (exact) mass is 157 g/mol. The number of nitrogens with zero attached hydrogens (tertiary/aromatic N) is 1. The quantitative estimate of drug-likeness (QED) is 0.577. The fourth-order valence-electron chi connectivity index (χ4n) is 1.35. The molecule has 1 heterocycles. The molecule has 0 bridgehead atoms. The SMILES string of the molecule is O=CN1CCCC[C@@H]1C(=O)O. The summed E-state index contributed by atoms with van der Waals surface area (Å²) < 4.78 is 0. The van der Waals surface area contributed by atoms with Gasteiger partial charge >= 0.3 is 5.97 Å². The fraction of sp³-hybridized carbons (Fsp3) is 0.714. The number of carboxylic acid groups (broad SMARTS) is 1. The molecule has 1 fully saturated rings. The van der Waals surface area contributed by atoms with Crippen LogP contribution in [0, 0.1) is 0 Å². The molecule has 0 unspecified atom stereocenters. The van der Waals surface area contributed by atoms with E-state index in [-0.39, 0.29) is 0 Å². The molecule has 1 rings (SSSR count). The first-order valence-corrected chi connectivity index (χ1v) is 3.69. The lowest BCUT2D eigenvalue weighted by atomic mass is 10.0. The van der Waals surface area contributed by atoms with Crippen LogP contribution in [0.15, 0.2) is 0 Å². The number of amides is 1. The van der Waals surface area contributed by atoms with Crippen molar-refractivity contribution >= 4 is 12.4 Å². The van der Waals surface area contributed by atoms with Gasteiger partial charge < -0.3 is 10.0 Å². The van der Waals surface area contributed by atoms with Crippen molar-refractivity contribution in [2.45, 2.75) is 25.3 Å². The highest BCUT2D eigenvalue weighted by molar-refractivity contribution is 5.76. The van der Waals surface area contributed by atoms with Crippen molar-refractivity contribution < 1.29 is 14.7 Å². The number of likely N-dealkylation sites (tertiary alicyclic amines) is 1. The van der Waals surface area contributed by atoms with Crippen LogP contribution in [0.3, 0.4) is 0 Å². The largest absolute Gasteiger partial charge is 0.480 e. The average Bonchev–Trinajstić information content (AvgIpc) is 2.04. The van der Waals surface area contributed by atoms with Gasteiger partial charge in [0.2, 0.25) is 6.41 Å². The Labute approximate surface area is 64.8 Å². The van der Waals surface area contributed by atoms with Crippen molar-refractivity contribution in [1.29, 1.82) is 0 Å². The molecule has 0 aromatic rings. The number of carbonyl (C=O) groups is 2. The van der Waals surface area contributed by atoms with E-state index in [4.69, 9.17) is 5.11 Å². The van der Waals surface area contributed by atoms with Crippen LogP contribution < -0.4 is 0 Å². The van der Waals surface area contributed by atoms with Crippen molar-refractivity contribution in [2.24, 2.45) is 0 Å². The van der Waals surface area contributed by atoms with Gasteiger partial charge in [-0.2, -0.15) is 0 Å². The van der Waals surface area contributed by atoms with E-state index in [9.17, 15) is 9.59 Å². The summed E-state index contributed by atoms with van der Waals surface area (Å²) in [6, 6.07) is -0.582. The molecule has 1 saturated heterocycles. The molecule has 1 aliphatic heterocycles. The van der Waals surface area contributed by atoms with Crippen molar-refractivity contribution in [3.05, 3.63) is 0 Å². The highest BCUT2D eigenvalue weighted by Crippen LogP contribution is 2.14. The number of carboxylic acids is 1. The maximum absolute atomic E-state index is 10.5. The van der Waals surface area contributed by atoms with Crippen LogP contribution in [0.25, 0.3) is 0 Å². The molecule has 1 atom stereocenters. The normalized spacial score (nSPS) is 24.7. The maximum atomic E-state index is 10.5. The predicted octanol–water partition coefficient (Wildman–Crippen LogP) is 0.0819. The van der Waals surface area contributed by atoms with Crippen LogP contribution in [0.1, 0.15) is 19.3 Å². The Kier molecular flexibility index (Phi) is 2.46. The molecule has 4 nitrogen and oxygen atoms in total. The second kappa shape index (κ2) is 3.37. The Morgan fingerprint density at radius 2 is 2.27 bits per heavy atom. The fourth-order valence-corrected chi connectivity index (χ4v) is 1.35. The van der Waals surface area contributed by atoms with Gasteiger partial charge in [0.05, 0.1) is 0 Å². The van der Waals surface area contributed by atoms with Crippen LogP contribution in [0.5, 0.6) is 0 Å². The summed E-state index contributed by atoms with van der Waals surface area (Å²) in [4.78, 5) is 22.2. The van der Waals surface area contributed by atoms with E-state index < -0.39 is 12.0 Å². The summed E-state index contributed by atoms with van der Waals surface area (Å²) in [5, 5.41) is 8.64. The summed E-state index contributed by atoms with van der Waals surface area (Å²) in [6.45, 7) is 0.584. The average molecular weight is 157 g/mol. The van der Waals surface area contributed by atoms with Crippen molar-refractivity contribution in [2.75, 3.05) is 6.54 Å². The zero-order valence-electron chi connectivity index (χ0n) is 6.19. The Hall–Kier alpha value is -1.06. The van der Waals surface area contributed by atoms with Gasteiger partial charge in [-0.25, -0.2) is 4.79 Å². The third-order valence-electron chi connectivity index (χ3n) is 1.96. The first-order chi connectivity index (χ1) is 5.25. The molecule has 1 N–H and O–H groups in total. The number of carbonyl (C=O) groups excluding carboxylic acids is 1. The summed E-state index contributed by atoms with van der Waals surface area (Å²) >= 11 is 0. The third kappa shape index (κ3) is 1.69. The van der Waals surface area contributed by atoms with Crippen LogP contribution in [-0.2, 0) is 9.59 Å². The predicted molar refractivity (Wildman–Crippen MR) is 38.0 cm³/mol. The van der Waals surface area contributed by atoms with E-state index >= 15 is 0 Å². The number of piperidine rings is 1. The first kappa shape index (κ1) is 8.04. The van der Waals surface area contributed by atoms with Gasteiger partial charge in [0, 0.05) is 6.54 Å². The summed E-state index contributed by atoms with van der Waals surface area (Å²) in [7, 11) is 0. The lowest BCUT2D eigenvalue weighted by Crippen LogP contribution is -2.43. The molecule has 0 aromatic carbocycles.